The Morgan fingerprint density at radius 3 is 2.32 bits per heavy atom. The molecule has 2 aromatic carbocycles. The van der Waals surface area contributed by atoms with E-state index >= 15 is 0 Å². The molecule has 10 heteroatoms. The first-order chi connectivity index (χ1) is 11.5. The molecule has 0 saturated heterocycles. The first kappa shape index (κ1) is 17.4. The molecule has 0 aliphatic carbocycles. The summed E-state index contributed by atoms with van der Waals surface area (Å²) < 4.78 is 63.9. The lowest BCUT2D eigenvalue weighted by molar-refractivity contribution is -0.0761. The van der Waals surface area contributed by atoms with Crippen molar-refractivity contribution in [3.8, 4) is 0 Å². The van der Waals surface area contributed by atoms with Crippen LogP contribution >= 0.6 is 0 Å². The number of alkyl halides is 3. The Kier molecular flexibility index (Phi) is 3.66. The number of carbonyl (C=O) groups excluding carboxylic acids is 2. The molecule has 25 heavy (non-hydrogen) atoms. The van der Waals surface area contributed by atoms with Gasteiger partial charge in [0.1, 0.15) is 0 Å². The lowest BCUT2D eigenvalue weighted by Crippen LogP contribution is -2.44. The average Bonchev–Trinajstić information content (AvgIpc) is 2.50. The highest BCUT2D eigenvalue weighted by molar-refractivity contribution is 7.87. The molecular weight excluding hydrogens is 363 g/mol. The number of carbonyl (C=O) groups is 2. The molecule has 1 heterocycles. The van der Waals surface area contributed by atoms with Gasteiger partial charge in [0, 0.05) is 5.39 Å². The minimum atomic E-state index is -6.17. The average molecular weight is 373 g/mol. The molecule has 1 aliphatic rings. The molecule has 2 aromatic rings. The first-order valence-corrected chi connectivity index (χ1v) is 8.29. The van der Waals surface area contributed by atoms with Crippen molar-refractivity contribution >= 4 is 32.7 Å². The van der Waals surface area contributed by atoms with E-state index in [2.05, 4.69) is 4.28 Å². The van der Waals surface area contributed by atoms with Gasteiger partial charge in [-0.25, -0.2) is 0 Å². The molecule has 0 unspecified atom stereocenters. The number of amides is 2. The lowest BCUT2D eigenvalue weighted by atomic mass is 9.89. The van der Waals surface area contributed by atoms with E-state index < -0.39 is 27.4 Å². The molecule has 0 radical (unpaired) electrons. The maximum Gasteiger partial charge on any atom is 0.525 e. The number of halogens is 3. The summed E-state index contributed by atoms with van der Waals surface area (Å²) in [5.41, 5.74) is -4.90. The summed E-state index contributed by atoms with van der Waals surface area (Å²) in [5.74, 6) is -2.54. The highest BCUT2D eigenvalue weighted by Crippen LogP contribution is 2.35. The van der Waals surface area contributed by atoms with Crippen LogP contribution in [0.3, 0.4) is 0 Å². The van der Waals surface area contributed by atoms with Gasteiger partial charge >= 0.3 is 15.6 Å². The number of aryl methyl sites for hydroxylation is 1. The van der Waals surface area contributed by atoms with Crippen molar-refractivity contribution in [1.82, 2.24) is 5.06 Å². The summed E-state index contributed by atoms with van der Waals surface area (Å²) in [6.07, 6.45) is 0. The molecule has 132 valence electrons. The Hall–Kier alpha value is -2.46. The Bertz CT molecular complexity index is 1040. The molecule has 0 N–H and O–H groups in total. The van der Waals surface area contributed by atoms with Crippen molar-refractivity contribution in [1.29, 1.82) is 0 Å². The highest BCUT2D eigenvalue weighted by atomic mass is 32.2. The molecule has 1 aliphatic heterocycles. The predicted octanol–water partition coefficient (Wildman–Crippen LogP) is 2.83. The quantitative estimate of drug-likeness (QED) is 0.597. The maximum absolute atomic E-state index is 12.5. The third-order valence-corrected chi connectivity index (χ3v) is 4.87. The van der Waals surface area contributed by atoms with E-state index in [9.17, 15) is 31.2 Å². The third-order valence-electron chi connectivity index (χ3n) is 3.95. The van der Waals surface area contributed by atoms with Gasteiger partial charge in [-0.15, -0.1) is 9.35 Å². The Morgan fingerprint density at radius 2 is 1.72 bits per heavy atom. The molecular formula is C15H10F3NO5S. The van der Waals surface area contributed by atoms with Gasteiger partial charge in [0.05, 0.1) is 11.1 Å². The van der Waals surface area contributed by atoms with E-state index in [1.807, 2.05) is 0 Å². The van der Waals surface area contributed by atoms with Gasteiger partial charge in [0.2, 0.25) is 0 Å². The maximum atomic E-state index is 12.5. The monoisotopic (exact) mass is 373 g/mol. The van der Waals surface area contributed by atoms with Crippen molar-refractivity contribution in [2.24, 2.45) is 0 Å². The topological polar surface area (TPSA) is 80.8 Å². The van der Waals surface area contributed by atoms with Gasteiger partial charge in [0.15, 0.2) is 0 Å². The standard InChI is InChI=1S/C15H10F3NO5S/c1-7-6-9-4-3-5-10-12(9)11(8(7)2)14(21)19(13(10)20)24-25(22,23)15(16,17)18/h3-6H,1-2H3. The predicted molar refractivity (Wildman–Crippen MR) is 80.0 cm³/mol. The minimum absolute atomic E-state index is 0.0671. The van der Waals surface area contributed by atoms with Crippen LogP contribution in [0.4, 0.5) is 13.2 Å². The van der Waals surface area contributed by atoms with Crippen LogP contribution in [0.2, 0.25) is 0 Å². The molecule has 3 rings (SSSR count). The van der Waals surface area contributed by atoms with Gasteiger partial charge < -0.3 is 0 Å². The van der Waals surface area contributed by atoms with Crippen LogP contribution in [0.1, 0.15) is 31.8 Å². The zero-order valence-electron chi connectivity index (χ0n) is 12.8. The van der Waals surface area contributed by atoms with E-state index in [-0.39, 0.29) is 21.6 Å². The number of rotatable bonds is 2. The summed E-state index contributed by atoms with van der Waals surface area (Å²) in [6, 6.07) is 6.12. The fourth-order valence-corrected chi connectivity index (χ4v) is 3.07. The smallest absolute Gasteiger partial charge is 0.266 e. The minimum Gasteiger partial charge on any atom is -0.266 e. The molecule has 0 bridgehead atoms. The van der Waals surface area contributed by atoms with Crippen molar-refractivity contribution < 1.29 is 35.5 Å². The summed E-state index contributed by atoms with van der Waals surface area (Å²) in [4.78, 5) is 24.9. The molecule has 0 fully saturated rings. The summed E-state index contributed by atoms with van der Waals surface area (Å²) in [5, 5.41) is 0.437. The van der Waals surface area contributed by atoms with Gasteiger partial charge in [-0.2, -0.15) is 21.6 Å². The normalized spacial score (nSPS) is 15.2. The van der Waals surface area contributed by atoms with E-state index in [4.69, 9.17) is 0 Å². The second kappa shape index (κ2) is 5.27. The van der Waals surface area contributed by atoms with Crippen molar-refractivity contribution in [2.45, 2.75) is 19.4 Å². The number of nitrogens with zero attached hydrogens (tertiary/aromatic N) is 1. The number of imide groups is 1. The van der Waals surface area contributed by atoms with Gasteiger partial charge in [-0.05, 0) is 36.4 Å². The molecule has 0 atom stereocenters. The SMILES string of the molecule is Cc1cc2cccc3c2c(c1C)C(=O)N(OS(=O)(=O)C(F)(F)F)C3=O. The lowest BCUT2D eigenvalue weighted by Gasteiger charge is -2.27. The van der Waals surface area contributed by atoms with Gasteiger partial charge in [-0.1, -0.05) is 18.2 Å². The van der Waals surface area contributed by atoms with Gasteiger partial charge in [0.25, 0.3) is 11.8 Å². The summed E-state index contributed by atoms with van der Waals surface area (Å²) in [7, 11) is -6.17. The first-order valence-electron chi connectivity index (χ1n) is 6.88. The van der Waals surface area contributed by atoms with Crippen LogP contribution in [0.15, 0.2) is 24.3 Å². The van der Waals surface area contributed by atoms with Gasteiger partial charge in [-0.3, -0.25) is 9.59 Å². The second-order valence-corrected chi connectivity index (χ2v) is 7.00. The van der Waals surface area contributed by atoms with E-state index in [0.717, 1.165) is 0 Å². The molecule has 2 amide bonds. The van der Waals surface area contributed by atoms with E-state index in [1.54, 1.807) is 26.0 Å². The molecule has 0 aromatic heterocycles. The molecule has 6 nitrogen and oxygen atoms in total. The van der Waals surface area contributed by atoms with Crippen LogP contribution in [0.25, 0.3) is 10.8 Å². The number of hydroxylamine groups is 2. The fourth-order valence-electron chi connectivity index (χ4n) is 2.65. The Labute approximate surface area is 139 Å². The van der Waals surface area contributed by atoms with E-state index in [1.165, 1.54) is 12.1 Å². The number of benzene rings is 2. The van der Waals surface area contributed by atoms with E-state index in [0.29, 0.717) is 16.5 Å². The number of hydrogen-bond acceptors (Lipinski definition) is 5. The van der Waals surface area contributed by atoms with Crippen LogP contribution in [-0.4, -0.2) is 30.8 Å². The zero-order chi connectivity index (χ0) is 18.7. The van der Waals surface area contributed by atoms with Crippen LogP contribution in [0, 0.1) is 13.8 Å². The summed E-state index contributed by atoms with van der Waals surface area (Å²) >= 11 is 0. The third kappa shape index (κ3) is 2.48. The number of hydrogen-bond donors (Lipinski definition) is 0. The van der Waals surface area contributed by atoms with Crippen molar-refractivity contribution in [2.75, 3.05) is 0 Å². The van der Waals surface area contributed by atoms with Crippen LogP contribution in [-0.2, 0) is 14.4 Å². The Balaban J connectivity index is 2.24. The molecule has 0 spiro atoms. The largest absolute Gasteiger partial charge is 0.525 e. The van der Waals surface area contributed by atoms with Crippen LogP contribution in [0.5, 0.6) is 0 Å². The zero-order valence-corrected chi connectivity index (χ0v) is 13.7. The highest BCUT2D eigenvalue weighted by Gasteiger charge is 2.51. The van der Waals surface area contributed by atoms with Crippen LogP contribution < -0.4 is 0 Å². The fraction of sp³-hybridized carbons (Fsp3) is 0.200. The van der Waals surface area contributed by atoms with Crippen molar-refractivity contribution in [3.63, 3.8) is 0 Å². The Morgan fingerprint density at radius 1 is 1.08 bits per heavy atom. The van der Waals surface area contributed by atoms with Crippen molar-refractivity contribution in [3.05, 3.63) is 46.5 Å². The molecule has 0 saturated carbocycles. The second-order valence-electron chi connectivity index (χ2n) is 5.48. The summed E-state index contributed by atoms with van der Waals surface area (Å²) in [6.45, 7) is 3.23.